The number of carbonyl (C=O) groups is 1. The molecule has 0 saturated carbocycles. The van der Waals surface area contributed by atoms with Crippen LogP contribution >= 0.6 is 0 Å². The Kier molecular flexibility index (Phi) is 2.86. The minimum atomic E-state index is 0.138. The summed E-state index contributed by atoms with van der Waals surface area (Å²) in [5, 5.41) is 3.51. The molecule has 3 unspecified atom stereocenters. The zero-order valence-corrected chi connectivity index (χ0v) is 9.65. The Bertz CT molecular complexity index is 276. The molecule has 0 aromatic carbocycles. The van der Waals surface area contributed by atoms with Gasteiger partial charge in [-0.1, -0.05) is 0 Å². The van der Waals surface area contributed by atoms with Gasteiger partial charge in [-0.05, 0) is 32.2 Å². The Hall–Kier alpha value is -0.610. The van der Waals surface area contributed by atoms with Gasteiger partial charge in [0.25, 0.3) is 0 Å². The molecule has 90 valence electrons. The second-order valence-corrected chi connectivity index (χ2v) is 5.15. The van der Waals surface area contributed by atoms with Crippen LogP contribution in [-0.4, -0.2) is 49.2 Å². The number of piperidine rings is 1. The molecule has 0 aromatic heterocycles. The highest BCUT2D eigenvalue weighted by Gasteiger charge is 2.39. The van der Waals surface area contributed by atoms with Gasteiger partial charge < -0.3 is 15.0 Å². The van der Waals surface area contributed by atoms with Crippen molar-refractivity contribution in [1.29, 1.82) is 0 Å². The van der Waals surface area contributed by atoms with E-state index in [0.29, 0.717) is 24.6 Å². The molecule has 0 radical (unpaired) electrons. The van der Waals surface area contributed by atoms with Crippen molar-refractivity contribution < 1.29 is 9.53 Å². The standard InChI is InChI=1S/C12H20N2O2/c15-12(9-4-7-16-8-9)14-6-1-2-10-11(14)3-5-13-10/h9-11,13H,1-8H2. The molecular formula is C12H20N2O2. The van der Waals surface area contributed by atoms with Gasteiger partial charge in [0.15, 0.2) is 0 Å². The minimum absolute atomic E-state index is 0.138. The molecule has 4 nitrogen and oxygen atoms in total. The molecule has 1 amide bonds. The van der Waals surface area contributed by atoms with E-state index in [9.17, 15) is 4.79 Å². The van der Waals surface area contributed by atoms with Crippen LogP contribution in [0.1, 0.15) is 25.7 Å². The molecule has 0 aliphatic carbocycles. The van der Waals surface area contributed by atoms with Crippen molar-refractivity contribution >= 4 is 5.91 Å². The molecule has 4 heteroatoms. The van der Waals surface area contributed by atoms with Gasteiger partial charge in [0, 0.05) is 25.2 Å². The summed E-state index contributed by atoms with van der Waals surface area (Å²) in [5.41, 5.74) is 0. The quantitative estimate of drug-likeness (QED) is 0.700. The highest BCUT2D eigenvalue weighted by atomic mass is 16.5. The summed E-state index contributed by atoms with van der Waals surface area (Å²) in [7, 11) is 0. The maximum atomic E-state index is 12.4. The molecule has 0 aromatic rings. The molecule has 16 heavy (non-hydrogen) atoms. The van der Waals surface area contributed by atoms with E-state index in [-0.39, 0.29) is 5.92 Å². The van der Waals surface area contributed by atoms with E-state index in [2.05, 4.69) is 10.2 Å². The summed E-state index contributed by atoms with van der Waals surface area (Å²) in [6, 6.07) is 1.02. The largest absolute Gasteiger partial charge is 0.381 e. The van der Waals surface area contributed by atoms with Crippen molar-refractivity contribution in [2.75, 3.05) is 26.3 Å². The van der Waals surface area contributed by atoms with E-state index >= 15 is 0 Å². The SMILES string of the molecule is O=C(C1CCOC1)N1CCCC2NCCC21. The summed E-state index contributed by atoms with van der Waals surface area (Å²) in [5.74, 6) is 0.482. The topological polar surface area (TPSA) is 41.6 Å². The second-order valence-electron chi connectivity index (χ2n) is 5.15. The van der Waals surface area contributed by atoms with Crippen LogP contribution in [0.4, 0.5) is 0 Å². The van der Waals surface area contributed by atoms with Gasteiger partial charge in [-0.15, -0.1) is 0 Å². The number of rotatable bonds is 1. The molecule has 3 aliphatic heterocycles. The number of fused-ring (bicyclic) bond motifs is 1. The van der Waals surface area contributed by atoms with Crippen molar-refractivity contribution in [2.24, 2.45) is 5.92 Å². The first kappa shape index (κ1) is 10.5. The van der Waals surface area contributed by atoms with Crippen LogP contribution in [0.3, 0.4) is 0 Å². The normalized spacial score (nSPS) is 38.8. The molecule has 3 atom stereocenters. The Labute approximate surface area is 96.3 Å². The van der Waals surface area contributed by atoms with E-state index in [4.69, 9.17) is 4.74 Å². The lowest BCUT2D eigenvalue weighted by atomic mass is 9.95. The first-order chi connectivity index (χ1) is 7.86. The molecule has 3 heterocycles. The maximum Gasteiger partial charge on any atom is 0.228 e. The van der Waals surface area contributed by atoms with Gasteiger partial charge in [0.1, 0.15) is 0 Å². The predicted octanol–water partition coefficient (Wildman–Crippen LogP) is 0.376. The van der Waals surface area contributed by atoms with Crippen molar-refractivity contribution in [3.63, 3.8) is 0 Å². The van der Waals surface area contributed by atoms with Gasteiger partial charge in [-0.2, -0.15) is 0 Å². The molecule has 3 saturated heterocycles. The van der Waals surface area contributed by atoms with Crippen LogP contribution < -0.4 is 5.32 Å². The van der Waals surface area contributed by atoms with Gasteiger partial charge in [-0.25, -0.2) is 0 Å². The number of hydrogen-bond acceptors (Lipinski definition) is 3. The third kappa shape index (κ3) is 1.74. The average molecular weight is 224 g/mol. The zero-order chi connectivity index (χ0) is 11.0. The summed E-state index contributed by atoms with van der Waals surface area (Å²) >= 11 is 0. The second kappa shape index (κ2) is 4.34. The van der Waals surface area contributed by atoms with Crippen molar-refractivity contribution in [3.05, 3.63) is 0 Å². The Balaban J connectivity index is 1.70. The van der Waals surface area contributed by atoms with Crippen LogP contribution in [0, 0.1) is 5.92 Å². The lowest BCUT2D eigenvalue weighted by Gasteiger charge is -2.38. The molecule has 3 aliphatic rings. The summed E-state index contributed by atoms with van der Waals surface area (Å²) in [6.07, 6.45) is 4.42. The van der Waals surface area contributed by atoms with Crippen LogP contribution in [0.15, 0.2) is 0 Å². The van der Waals surface area contributed by atoms with Crippen LogP contribution in [0.5, 0.6) is 0 Å². The van der Waals surface area contributed by atoms with Gasteiger partial charge >= 0.3 is 0 Å². The molecule has 3 rings (SSSR count). The fourth-order valence-electron chi connectivity index (χ4n) is 3.31. The molecular weight excluding hydrogens is 204 g/mol. The van der Waals surface area contributed by atoms with E-state index in [1.807, 2.05) is 0 Å². The zero-order valence-electron chi connectivity index (χ0n) is 9.65. The van der Waals surface area contributed by atoms with E-state index < -0.39 is 0 Å². The molecule has 0 bridgehead atoms. The average Bonchev–Trinajstić information content (AvgIpc) is 2.98. The maximum absolute atomic E-state index is 12.4. The highest BCUT2D eigenvalue weighted by Crippen LogP contribution is 2.27. The smallest absolute Gasteiger partial charge is 0.228 e. The van der Waals surface area contributed by atoms with Crippen molar-refractivity contribution in [1.82, 2.24) is 10.2 Å². The van der Waals surface area contributed by atoms with E-state index in [1.54, 1.807) is 0 Å². The first-order valence-corrected chi connectivity index (χ1v) is 6.48. The predicted molar refractivity (Wildman–Crippen MR) is 60.1 cm³/mol. The fourth-order valence-corrected chi connectivity index (χ4v) is 3.31. The Morgan fingerprint density at radius 2 is 2.25 bits per heavy atom. The van der Waals surface area contributed by atoms with Gasteiger partial charge in [-0.3, -0.25) is 4.79 Å². The first-order valence-electron chi connectivity index (χ1n) is 6.48. The number of likely N-dealkylation sites (tertiary alicyclic amines) is 1. The fraction of sp³-hybridized carbons (Fsp3) is 0.917. The van der Waals surface area contributed by atoms with Crippen molar-refractivity contribution in [2.45, 2.75) is 37.8 Å². The van der Waals surface area contributed by atoms with E-state index in [1.165, 1.54) is 6.42 Å². The van der Waals surface area contributed by atoms with E-state index in [0.717, 1.165) is 39.0 Å². The minimum Gasteiger partial charge on any atom is -0.381 e. The highest BCUT2D eigenvalue weighted by molar-refractivity contribution is 5.79. The Morgan fingerprint density at radius 3 is 3.06 bits per heavy atom. The summed E-state index contributed by atoms with van der Waals surface area (Å²) in [6.45, 7) is 3.43. The van der Waals surface area contributed by atoms with Crippen LogP contribution in [0.25, 0.3) is 0 Å². The van der Waals surface area contributed by atoms with Gasteiger partial charge in [0.05, 0.1) is 12.5 Å². The Morgan fingerprint density at radius 1 is 1.31 bits per heavy atom. The van der Waals surface area contributed by atoms with Crippen LogP contribution in [0.2, 0.25) is 0 Å². The molecule has 3 fully saturated rings. The number of nitrogens with zero attached hydrogens (tertiary/aromatic N) is 1. The number of hydrogen-bond donors (Lipinski definition) is 1. The number of nitrogens with one attached hydrogen (secondary N) is 1. The monoisotopic (exact) mass is 224 g/mol. The van der Waals surface area contributed by atoms with Crippen molar-refractivity contribution in [3.8, 4) is 0 Å². The van der Waals surface area contributed by atoms with Crippen LogP contribution in [-0.2, 0) is 9.53 Å². The number of ether oxygens (including phenoxy) is 1. The number of carbonyl (C=O) groups excluding carboxylic acids is 1. The summed E-state index contributed by atoms with van der Waals surface area (Å²) in [4.78, 5) is 14.5. The third-order valence-corrected chi connectivity index (χ3v) is 4.19. The third-order valence-electron chi connectivity index (χ3n) is 4.19. The number of amides is 1. The lowest BCUT2D eigenvalue weighted by molar-refractivity contribution is -0.139. The molecule has 1 N–H and O–H groups in total. The molecule has 0 spiro atoms. The summed E-state index contributed by atoms with van der Waals surface area (Å²) < 4.78 is 5.32. The lowest BCUT2D eigenvalue weighted by Crippen LogP contribution is -2.52. The van der Waals surface area contributed by atoms with Gasteiger partial charge in [0.2, 0.25) is 5.91 Å².